The Morgan fingerprint density at radius 3 is 2.05 bits per heavy atom. The van der Waals surface area contributed by atoms with Gasteiger partial charge in [0.1, 0.15) is 5.75 Å². The van der Waals surface area contributed by atoms with E-state index in [4.69, 9.17) is 10.00 Å². The molecule has 0 aliphatic rings. The van der Waals surface area contributed by atoms with Gasteiger partial charge in [0.25, 0.3) is 0 Å². The van der Waals surface area contributed by atoms with Gasteiger partial charge in [0.15, 0.2) is 0 Å². The van der Waals surface area contributed by atoms with Gasteiger partial charge >= 0.3 is 5.97 Å². The molecule has 0 fully saturated rings. The summed E-state index contributed by atoms with van der Waals surface area (Å²) in [7, 11) is 0. The van der Waals surface area contributed by atoms with Crippen molar-refractivity contribution in [3.05, 3.63) is 54.1 Å². The zero-order valence-electron chi connectivity index (χ0n) is 10.6. The number of hydrogen-bond acceptors (Lipinski definition) is 3. The zero-order valence-corrected chi connectivity index (χ0v) is 10.6. The third-order valence-corrected chi connectivity index (χ3v) is 2.69. The van der Waals surface area contributed by atoms with Crippen LogP contribution in [0.5, 0.6) is 5.75 Å². The molecule has 0 bridgehead atoms. The molecule has 0 saturated carbocycles. The number of esters is 1. The standard InChI is InChI=1S/C16H13NO2/c1-12(18)19-16-8-6-15(7-9-16)14-4-2-13(3-5-14)10-11-17/h2-9H,10H2,1H3. The van der Waals surface area contributed by atoms with Crippen molar-refractivity contribution >= 4 is 5.97 Å². The first kappa shape index (κ1) is 12.8. The second-order valence-electron chi connectivity index (χ2n) is 4.15. The number of ether oxygens (including phenoxy) is 1. The highest BCUT2D eigenvalue weighted by Gasteiger charge is 2.01. The fourth-order valence-corrected chi connectivity index (χ4v) is 1.79. The van der Waals surface area contributed by atoms with Crippen molar-refractivity contribution in [1.29, 1.82) is 5.26 Å². The molecule has 0 heterocycles. The lowest BCUT2D eigenvalue weighted by Crippen LogP contribution is -2.00. The van der Waals surface area contributed by atoms with Crippen molar-refractivity contribution in [3.63, 3.8) is 0 Å². The molecular weight excluding hydrogens is 238 g/mol. The van der Waals surface area contributed by atoms with Gasteiger partial charge in [-0.05, 0) is 28.8 Å². The molecule has 3 nitrogen and oxygen atoms in total. The molecule has 0 unspecified atom stereocenters. The maximum Gasteiger partial charge on any atom is 0.308 e. The molecule has 0 atom stereocenters. The predicted octanol–water partition coefficient (Wildman–Crippen LogP) is 3.34. The maximum absolute atomic E-state index is 10.8. The summed E-state index contributed by atoms with van der Waals surface area (Å²) in [6.07, 6.45) is 0.422. The summed E-state index contributed by atoms with van der Waals surface area (Å²) >= 11 is 0. The van der Waals surface area contributed by atoms with Crippen LogP contribution in [0, 0.1) is 11.3 Å². The van der Waals surface area contributed by atoms with Crippen LogP contribution in [0.25, 0.3) is 11.1 Å². The number of hydrogen-bond donors (Lipinski definition) is 0. The molecule has 0 aromatic heterocycles. The molecular formula is C16H13NO2. The van der Waals surface area contributed by atoms with Crippen molar-refractivity contribution in [2.75, 3.05) is 0 Å². The minimum Gasteiger partial charge on any atom is -0.427 e. The smallest absolute Gasteiger partial charge is 0.308 e. The highest BCUT2D eigenvalue weighted by molar-refractivity contribution is 5.70. The van der Waals surface area contributed by atoms with Crippen LogP contribution < -0.4 is 4.74 Å². The SMILES string of the molecule is CC(=O)Oc1ccc(-c2ccc(CC#N)cc2)cc1. The second-order valence-corrected chi connectivity index (χ2v) is 4.15. The minimum absolute atomic E-state index is 0.325. The quantitative estimate of drug-likeness (QED) is 0.621. The summed E-state index contributed by atoms with van der Waals surface area (Å²) in [5.41, 5.74) is 3.11. The van der Waals surface area contributed by atoms with E-state index in [1.165, 1.54) is 6.92 Å². The van der Waals surface area contributed by atoms with Crippen LogP contribution in [0.15, 0.2) is 48.5 Å². The lowest BCUT2D eigenvalue weighted by Gasteiger charge is -2.05. The van der Waals surface area contributed by atoms with Crippen molar-refractivity contribution < 1.29 is 9.53 Å². The normalized spacial score (nSPS) is 9.68. The third kappa shape index (κ3) is 3.43. The minimum atomic E-state index is -0.325. The average molecular weight is 251 g/mol. The van der Waals surface area contributed by atoms with Gasteiger partial charge in [-0.3, -0.25) is 4.79 Å². The molecule has 0 radical (unpaired) electrons. The molecule has 0 spiro atoms. The summed E-state index contributed by atoms with van der Waals surface area (Å²) in [5, 5.41) is 8.62. The van der Waals surface area contributed by atoms with Crippen molar-refractivity contribution in [1.82, 2.24) is 0 Å². The summed E-state index contributed by atoms with van der Waals surface area (Å²) in [4.78, 5) is 10.8. The molecule has 19 heavy (non-hydrogen) atoms. The van der Waals surface area contributed by atoms with Crippen molar-refractivity contribution in [2.24, 2.45) is 0 Å². The molecule has 2 aromatic rings. The first-order valence-corrected chi connectivity index (χ1v) is 5.94. The van der Waals surface area contributed by atoms with E-state index >= 15 is 0 Å². The van der Waals surface area contributed by atoms with Gasteiger partial charge in [-0.15, -0.1) is 0 Å². The number of benzene rings is 2. The topological polar surface area (TPSA) is 50.1 Å². The van der Waals surface area contributed by atoms with Crippen LogP contribution in [0.2, 0.25) is 0 Å². The molecule has 0 aliphatic heterocycles. The van der Waals surface area contributed by atoms with Crippen LogP contribution in [0.3, 0.4) is 0 Å². The number of nitriles is 1. The number of rotatable bonds is 3. The lowest BCUT2D eigenvalue weighted by atomic mass is 10.0. The molecule has 2 rings (SSSR count). The Morgan fingerprint density at radius 1 is 1.05 bits per heavy atom. The van der Waals surface area contributed by atoms with Gasteiger partial charge in [-0.1, -0.05) is 36.4 Å². The van der Waals surface area contributed by atoms with E-state index in [-0.39, 0.29) is 5.97 Å². The van der Waals surface area contributed by atoms with Gasteiger partial charge in [0.05, 0.1) is 12.5 Å². The Balaban J connectivity index is 2.17. The molecule has 0 N–H and O–H groups in total. The number of nitrogens with zero attached hydrogens (tertiary/aromatic N) is 1. The first-order valence-electron chi connectivity index (χ1n) is 5.94. The summed E-state index contributed by atoms with van der Waals surface area (Å²) in [5.74, 6) is 0.214. The van der Waals surface area contributed by atoms with Crippen LogP contribution in [0.4, 0.5) is 0 Å². The number of carbonyl (C=O) groups is 1. The lowest BCUT2D eigenvalue weighted by molar-refractivity contribution is -0.131. The maximum atomic E-state index is 10.8. The Hall–Kier alpha value is -2.60. The van der Waals surface area contributed by atoms with Crippen LogP contribution in [0.1, 0.15) is 12.5 Å². The highest BCUT2D eigenvalue weighted by Crippen LogP contribution is 2.23. The molecule has 94 valence electrons. The van der Waals surface area contributed by atoms with Gasteiger partial charge in [-0.2, -0.15) is 5.26 Å². The van der Waals surface area contributed by atoms with Crippen molar-refractivity contribution in [2.45, 2.75) is 13.3 Å². The van der Waals surface area contributed by atoms with E-state index in [1.54, 1.807) is 12.1 Å². The van der Waals surface area contributed by atoms with Crippen molar-refractivity contribution in [3.8, 4) is 22.9 Å². The Kier molecular flexibility index (Phi) is 3.94. The molecule has 0 amide bonds. The van der Waals surface area contributed by atoms with E-state index in [9.17, 15) is 4.79 Å². The third-order valence-electron chi connectivity index (χ3n) is 2.69. The zero-order chi connectivity index (χ0) is 13.7. The molecule has 3 heteroatoms. The summed E-state index contributed by atoms with van der Waals surface area (Å²) in [6, 6.07) is 17.3. The molecule has 2 aromatic carbocycles. The summed E-state index contributed by atoms with van der Waals surface area (Å²) < 4.78 is 4.98. The fraction of sp³-hybridized carbons (Fsp3) is 0.125. The fourth-order valence-electron chi connectivity index (χ4n) is 1.79. The van der Waals surface area contributed by atoms with Gasteiger partial charge < -0.3 is 4.74 Å². The van der Waals surface area contributed by atoms with E-state index < -0.39 is 0 Å². The van der Waals surface area contributed by atoms with Gasteiger partial charge in [-0.25, -0.2) is 0 Å². The predicted molar refractivity (Wildman–Crippen MR) is 72.5 cm³/mol. The molecule has 0 saturated heterocycles. The molecule has 0 aliphatic carbocycles. The van der Waals surface area contributed by atoms with Crippen LogP contribution in [-0.4, -0.2) is 5.97 Å². The van der Waals surface area contributed by atoms with E-state index in [0.717, 1.165) is 16.7 Å². The largest absolute Gasteiger partial charge is 0.427 e. The van der Waals surface area contributed by atoms with Crippen LogP contribution in [-0.2, 0) is 11.2 Å². The first-order chi connectivity index (χ1) is 9.19. The van der Waals surface area contributed by atoms with Gasteiger partial charge in [0, 0.05) is 6.92 Å². The summed E-state index contributed by atoms with van der Waals surface area (Å²) in [6.45, 7) is 1.38. The average Bonchev–Trinajstić information content (AvgIpc) is 2.40. The Labute approximate surface area is 112 Å². The van der Waals surface area contributed by atoms with Gasteiger partial charge in [0.2, 0.25) is 0 Å². The highest BCUT2D eigenvalue weighted by atomic mass is 16.5. The van der Waals surface area contributed by atoms with E-state index in [1.807, 2.05) is 36.4 Å². The monoisotopic (exact) mass is 251 g/mol. The Morgan fingerprint density at radius 2 is 1.58 bits per heavy atom. The second kappa shape index (κ2) is 5.83. The Bertz CT molecular complexity index is 607. The van der Waals surface area contributed by atoms with E-state index in [2.05, 4.69) is 6.07 Å². The van der Waals surface area contributed by atoms with E-state index in [0.29, 0.717) is 12.2 Å². The van der Waals surface area contributed by atoms with Crippen LogP contribution >= 0.6 is 0 Å². The number of carbonyl (C=O) groups excluding carboxylic acids is 1.